The van der Waals surface area contributed by atoms with Gasteiger partial charge in [0.25, 0.3) is 0 Å². The van der Waals surface area contributed by atoms with Crippen LogP contribution in [0.5, 0.6) is 0 Å². The van der Waals surface area contributed by atoms with Crippen LogP contribution in [0.15, 0.2) is 24.3 Å². The van der Waals surface area contributed by atoms with Crippen LogP contribution in [0, 0.1) is 12.8 Å². The molecule has 2 unspecified atom stereocenters. The Morgan fingerprint density at radius 2 is 2.12 bits per heavy atom. The Balaban J connectivity index is 2.42. The van der Waals surface area contributed by atoms with Crippen molar-refractivity contribution in [1.82, 2.24) is 0 Å². The number of methoxy groups -OCH3 is 1. The van der Waals surface area contributed by atoms with Crippen LogP contribution in [0.4, 0.5) is 0 Å². The first-order chi connectivity index (χ1) is 7.61. The molecule has 0 aromatic heterocycles. The zero-order valence-electron chi connectivity index (χ0n) is 10.4. The summed E-state index contributed by atoms with van der Waals surface area (Å²) in [6.45, 7) is 4.89. The molecule has 0 aliphatic heterocycles. The van der Waals surface area contributed by atoms with Gasteiger partial charge >= 0.3 is 0 Å². The smallest absolute Gasteiger partial charge is 0.0584 e. The fourth-order valence-corrected chi connectivity index (χ4v) is 2.01. The van der Waals surface area contributed by atoms with Gasteiger partial charge in [-0.2, -0.15) is 0 Å². The molecule has 0 heterocycles. The van der Waals surface area contributed by atoms with E-state index < -0.39 is 0 Å². The summed E-state index contributed by atoms with van der Waals surface area (Å²) in [6, 6.07) is 8.31. The third-order valence-electron chi connectivity index (χ3n) is 2.68. The van der Waals surface area contributed by atoms with Gasteiger partial charge in [0.15, 0.2) is 0 Å². The molecule has 1 rings (SSSR count). The van der Waals surface area contributed by atoms with Gasteiger partial charge in [-0.15, -0.1) is 0 Å². The molecule has 16 heavy (non-hydrogen) atoms. The molecule has 0 aliphatic rings. The second-order valence-corrected chi connectivity index (χ2v) is 4.64. The van der Waals surface area contributed by atoms with Crippen LogP contribution in [0.1, 0.15) is 24.5 Å². The van der Waals surface area contributed by atoms with Crippen LogP contribution in [0.3, 0.4) is 0 Å². The lowest BCUT2D eigenvalue weighted by Crippen LogP contribution is -2.17. The van der Waals surface area contributed by atoms with Crippen molar-refractivity contribution in [2.24, 2.45) is 5.92 Å². The number of ether oxygens (including phenoxy) is 1. The van der Waals surface area contributed by atoms with E-state index in [2.05, 4.69) is 32.0 Å². The van der Waals surface area contributed by atoms with Crippen LogP contribution in [0.2, 0.25) is 0 Å². The van der Waals surface area contributed by atoms with E-state index in [1.807, 2.05) is 6.07 Å². The maximum atomic E-state index is 9.93. The minimum Gasteiger partial charge on any atom is -0.393 e. The van der Waals surface area contributed by atoms with Gasteiger partial charge in [0, 0.05) is 13.7 Å². The molecule has 0 bridgehead atoms. The van der Waals surface area contributed by atoms with Crippen molar-refractivity contribution in [3.05, 3.63) is 35.4 Å². The van der Waals surface area contributed by atoms with E-state index in [0.717, 1.165) is 12.8 Å². The third kappa shape index (κ3) is 4.77. The molecule has 0 fully saturated rings. The van der Waals surface area contributed by atoms with E-state index in [9.17, 15) is 5.11 Å². The van der Waals surface area contributed by atoms with E-state index in [4.69, 9.17) is 4.74 Å². The quantitative estimate of drug-likeness (QED) is 0.801. The molecule has 2 nitrogen and oxygen atoms in total. The lowest BCUT2D eigenvalue weighted by molar-refractivity contribution is 0.102. The van der Waals surface area contributed by atoms with E-state index in [1.54, 1.807) is 7.11 Å². The van der Waals surface area contributed by atoms with Gasteiger partial charge in [-0.25, -0.2) is 0 Å². The minimum atomic E-state index is -0.271. The molecule has 2 atom stereocenters. The molecule has 1 aromatic rings. The average Bonchev–Trinajstić information content (AvgIpc) is 2.17. The zero-order chi connectivity index (χ0) is 12.0. The van der Waals surface area contributed by atoms with Crippen LogP contribution < -0.4 is 0 Å². The number of aliphatic hydroxyl groups is 1. The van der Waals surface area contributed by atoms with Gasteiger partial charge in [0.05, 0.1) is 6.10 Å². The zero-order valence-corrected chi connectivity index (χ0v) is 10.4. The topological polar surface area (TPSA) is 29.5 Å². The molecular weight excluding hydrogens is 200 g/mol. The number of aliphatic hydroxyl groups excluding tert-OH is 1. The van der Waals surface area contributed by atoms with Crippen molar-refractivity contribution in [3.63, 3.8) is 0 Å². The Hall–Kier alpha value is -0.860. The second-order valence-electron chi connectivity index (χ2n) is 4.64. The fourth-order valence-electron chi connectivity index (χ4n) is 2.01. The summed E-state index contributed by atoms with van der Waals surface area (Å²) in [5.74, 6) is 0.407. The maximum absolute atomic E-state index is 9.93. The highest BCUT2D eigenvalue weighted by molar-refractivity contribution is 5.22. The van der Waals surface area contributed by atoms with Gasteiger partial charge in [0.2, 0.25) is 0 Å². The van der Waals surface area contributed by atoms with Crippen molar-refractivity contribution in [2.75, 3.05) is 13.7 Å². The molecule has 2 heteroatoms. The first-order valence-corrected chi connectivity index (χ1v) is 5.84. The molecule has 0 aliphatic carbocycles. The molecule has 90 valence electrons. The number of rotatable bonds is 6. The predicted molar refractivity (Wildman–Crippen MR) is 66.5 cm³/mol. The molecule has 0 spiro atoms. The van der Waals surface area contributed by atoms with Gasteiger partial charge in [0.1, 0.15) is 0 Å². The first kappa shape index (κ1) is 13.2. The average molecular weight is 222 g/mol. The largest absolute Gasteiger partial charge is 0.393 e. The van der Waals surface area contributed by atoms with Crippen LogP contribution >= 0.6 is 0 Å². The normalized spacial score (nSPS) is 14.8. The Morgan fingerprint density at radius 1 is 1.38 bits per heavy atom. The van der Waals surface area contributed by atoms with Crippen molar-refractivity contribution >= 4 is 0 Å². The van der Waals surface area contributed by atoms with Crippen molar-refractivity contribution < 1.29 is 9.84 Å². The molecule has 1 N–H and O–H groups in total. The predicted octanol–water partition coefficient (Wildman–Crippen LogP) is 2.57. The molecule has 0 saturated carbocycles. The Morgan fingerprint density at radius 3 is 2.75 bits per heavy atom. The molecule has 0 radical (unpaired) electrons. The van der Waals surface area contributed by atoms with E-state index in [-0.39, 0.29) is 6.10 Å². The summed E-state index contributed by atoms with van der Waals surface area (Å²) in [6.07, 6.45) is 1.25. The standard InChI is InChI=1S/C14H22O2/c1-11-5-4-6-13(7-11)9-14(15)8-12(2)10-16-3/h4-7,12,14-15H,8-10H2,1-3H3. The van der Waals surface area contributed by atoms with E-state index in [1.165, 1.54) is 11.1 Å². The van der Waals surface area contributed by atoms with E-state index in [0.29, 0.717) is 12.5 Å². The van der Waals surface area contributed by atoms with Crippen molar-refractivity contribution in [2.45, 2.75) is 32.8 Å². The third-order valence-corrected chi connectivity index (χ3v) is 2.68. The van der Waals surface area contributed by atoms with Gasteiger partial charge in [-0.1, -0.05) is 36.8 Å². The summed E-state index contributed by atoms with van der Waals surface area (Å²) in [4.78, 5) is 0. The number of aryl methyl sites for hydroxylation is 1. The Labute approximate surface area is 98.3 Å². The van der Waals surface area contributed by atoms with Crippen LogP contribution in [0.25, 0.3) is 0 Å². The van der Waals surface area contributed by atoms with Gasteiger partial charge in [-0.05, 0) is 31.2 Å². The highest BCUT2D eigenvalue weighted by Crippen LogP contribution is 2.12. The summed E-state index contributed by atoms with van der Waals surface area (Å²) in [5.41, 5.74) is 2.45. The summed E-state index contributed by atoms with van der Waals surface area (Å²) >= 11 is 0. The molecule has 0 amide bonds. The summed E-state index contributed by atoms with van der Waals surface area (Å²) < 4.78 is 5.06. The highest BCUT2D eigenvalue weighted by atomic mass is 16.5. The van der Waals surface area contributed by atoms with Crippen molar-refractivity contribution in [1.29, 1.82) is 0 Å². The molecule has 1 aromatic carbocycles. The molecular formula is C14H22O2. The van der Waals surface area contributed by atoms with Gasteiger partial charge < -0.3 is 9.84 Å². The Bertz CT molecular complexity index is 309. The summed E-state index contributed by atoms with van der Waals surface area (Å²) in [7, 11) is 1.70. The number of hydrogen-bond donors (Lipinski definition) is 1. The lowest BCUT2D eigenvalue weighted by Gasteiger charge is -2.15. The monoisotopic (exact) mass is 222 g/mol. The first-order valence-electron chi connectivity index (χ1n) is 5.84. The fraction of sp³-hybridized carbons (Fsp3) is 0.571. The van der Waals surface area contributed by atoms with Crippen molar-refractivity contribution in [3.8, 4) is 0 Å². The lowest BCUT2D eigenvalue weighted by atomic mass is 9.98. The maximum Gasteiger partial charge on any atom is 0.0584 e. The highest BCUT2D eigenvalue weighted by Gasteiger charge is 2.10. The van der Waals surface area contributed by atoms with Gasteiger partial charge in [-0.3, -0.25) is 0 Å². The number of benzene rings is 1. The van der Waals surface area contributed by atoms with Crippen LogP contribution in [-0.2, 0) is 11.2 Å². The summed E-state index contributed by atoms with van der Waals surface area (Å²) in [5, 5.41) is 9.93. The SMILES string of the molecule is COCC(C)CC(O)Cc1cccc(C)c1. The second kappa shape index (κ2) is 6.66. The van der Waals surface area contributed by atoms with E-state index >= 15 is 0 Å². The Kier molecular flexibility index (Phi) is 5.50. The number of hydrogen-bond acceptors (Lipinski definition) is 2. The molecule has 0 saturated heterocycles. The minimum absolute atomic E-state index is 0.271. The van der Waals surface area contributed by atoms with Crippen LogP contribution in [-0.4, -0.2) is 24.9 Å².